The highest BCUT2D eigenvalue weighted by Gasteiger charge is 2.22. The summed E-state index contributed by atoms with van der Waals surface area (Å²) in [6.45, 7) is 6.76. The van der Waals surface area contributed by atoms with Crippen LogP contribution in [0.3, 0.4) is 0 Å². The third kappa shape index (κ3) is 4.21. The van der Waals surface area contributed by atoms with Crippen LogP contribution in [-0.2, 0) is 0 Å². The third-order valence-electron chi connectivity index (χ3n) is 1.74. The zero-order valence-corrected chi connectivity index (χ0v) is 8.11. The fourth-order valence-electron chi connectivity index (χ4n) is 0.944. The second-order valence-electron chi connectivity index (χ2n) is 4.53. The van der Waals surface area contributed by atoms with Crippen molar-refractivity contribution < 1.29 is 4.79 Å². The Hall–Kier alpha value is -0.730. The van der Waals surface area contributed by atoms with Crippen LogP contribution in [0.4, 0.5) is 4.79 Å². The minimum atomic E-state index is -0.131. The summed E-state index contributed by atoms with van der Waals surface area (Å²) in [4.78, 5) is 11.2. The zero-order valence-electron chi connectivity index (χ0n) is 8.11. The van der Waals surface area contributed by atoms with E-state index in [1.165, 1.54) is 12.8 Å². The lowest BCUT2D eigenvalue weighted by molar-refractivity contribution is 0.231. The quantitative estimate of drug-likeness (QED) is 0.647. The minimum absolute atomic E-state index is 0.0469. The smallest absolute Gasteiger partial charge is 0.315 e. The van der Waals surface area contributed by atoms with Gasteiger partial charge in [-0.2, -0.15) is 0 Å². The van der Waals surface area contributed by atoms with Gasteiger partial charge in [-0.3, -0.25) is 0 Å². The molecule has 1 aliphatic rings. The Morgan fingerprint density at radius 2 is 2.00 bits per heavy atom. The first-order chi connectivity index (χ1) is 5.47. The molecular formula is C9H18N2O. The molecule has 2 amide bonds. The maximum absolute atomic E-state index is 11.2. The molecule has 70 valence electrons. The van der Waals surface area contributed by atoms with Crippen LogP contribution in [0.2, 0.25) is 0 Å². The number of urea groups is 1. The summed E-state index contributed by atoms with van der Waals surface area (Å²) in [6, 6.07) is -0.0469. The summed E-state index contributed by atoms with van der Waals surface area (Å²) in [6.07, 6.45) is 2.55. The second kappa shape index (κ2) is 3.33. The van der Waals surface area contributed by atoms with Crippen LogP contribution in [0, 0.1) is 5.92 Å². The van der Waals surface area contributed by atoms with Gasteiger partial charge < -0.3 is 10.6 Å². The van der Waals surface area contributed by atoms with Gasteiger partial charge in [-0.25, -0.2) is 4.79 Å². The van der Waals surface area contributed by atoms with Gasteiger partial charge in [-0.15, -0.1) is 0 Å². The molecule has 1 rings (SSSR count). The summed E-state index contributed by atoms with van der Waals surface area (Å²) in [5.41, 5.74) is -0.131. The molecule has 0 saturated heterocycles. The maximum Gasteiger partial charge on any atom is 0.315 e. The van der Waals surface area contributed by atoms with Gasteiger partial charge in [0.25, 0.3) is 0 Å². The normalized spacial score (nSPS) is 17.2. The number of carbonyl (C=O) groups is 1. The van der Waals surface area contributed by atoms with Gasteiger partial charge in [0.15, 0.2) is 0 Å². The average Bonchev–Trinajstić information content (AvgIpc) is 2.61. The monoisotopic (exact) mass is 170 g/mol. The Labute approximate surface area is 73.9 Å². The largest absolute Gasteiger partial charge is 0.338 e. The predicted molar refractivity (Wildman–Crippen MR) is 49.0 cm³/mol. The molecule has 0 aromatic rings. The molecule has 1 aliphatic carbocycles. The molecule has 0 unspecified atom stereocenters. The molecule has 3 nitrogen and oxygen atoms in total. The number of amides is 2. The Kier molecular flexibility index (Phi) is 2.60. The Morgan fingerprint density at radius 1 is 1.42 bits per heavy atom. The lowest BCUT2D eigenvalue weighted by Gasteiger charge is -2.20. The number of carbonyl (C=O) groups excluding carboxylic acids is 1. The zero-order chi connectivity index (χ0) is 9.19. The van der Waals surface area contributed by atoms with E-state index in [1.807, 2.05) is 20.8 Å². The molecular weight excluding hydrogens is 152 g/mol. The van der Waals surface area contributed by atoms with E-state index in [9.17, 15) is 4.79 Å². The molecule has 3 heteroatoms. The fraction of sp³-hybridized carbons (Fsp3) is 0.889. The Bertz CT molecular complexity index is 168. The first-order valence-corrected chi connectivity index (χ1v) is 4.53. The van der Waals surface area contributed by atoms with Gasteiger partial charge in [-0.05, 0) is 39.5 Å². The van der Waals surface area contributed by atoms with Crippen LogP contribution in [0.15, 0.2) is 0 Å². The van der Waals surface area contributed by atoms with E-state index in [1.54, 1.807) is 0 Å². The molecule has 0 atom stereocenters. The van der Waals surface area contributed by atoms with Crippen LogP contribution in [-0.4, -0.2) is 18.1 Å². The van der Waals surface area contributed by atoms with Crippen molar-refractivity contribution in [2.24, 2.45) is 5.92 Å². The van der Waals surface area contributed by atoms with Crippen molar-refractivity contribution in [3.63, 3.8) is 0 Å². The lowest BCUT2D eigenvalue weighted by Crippen LogP contribution is -2.46. The fourth-order valence-corrected chi connectivity index (χ4v) is 0.944. The van der Waals surface area contributed by atoms with Crippen molar-refractivity contribution in [1.29, 1.82) is 0 Å². The van der Waals surface area contributed by atoms with E-state index in [0.29, 0.717) is 0 Å². The molecule has 0 bridgehead atoms. The van der Waals surface area contributed by atoms with Crippen molar-refractivity contribution >= 4 is 6.03 Å². The molecule has 0 aliphatic heterocycles. The van der Waals surface area contributed by atoms with Crippen molar-refractivity contribution in [3.8, 4) is 0 Å². The first-order valence-electron chi connectivity index (χ1n) is 4.53. The van der Waals surface area contributed by atoms with Crippen LogP contribution >= 0.6 is 0 Å². The number of nitrogens with one attached hydrogen (secondary N) is 2. The second-order valence-corrected chi connectivity index (χ2v) is 4.53. The molecule has 0 heterocycles. The van der Waals surface area contributed by atoms with E-state index in [2.05, 4.69) is 10.6 Å². The molecule has 0 aromatic carbocycles. The molecule has 0 radical (unpaired) electrons. The average molecular weight is 170 g/mol. The first kappa shape index (κ1) is 9.36. The van der Waals surface area contributed by atoms with Crippen LogP contribution in [0.5, 0.6) is 0 Å². The SMILES string of the molecule is CC(C)(C)NC(=O)NCC1CC1. The van der Waals surface area contributed by atoms with Crippen LogP contribution in [0.25, 0.3) is 0 Å². The number of rotatable bonds is 2. The van der Waals surface area contributed by atoms with Gasteiger partial charge in [0, 0.05) is 12.1 Å². The molecule has 12 heavy (non-hydrogen) atoms. The predicted octanol–water partition coefficient (Wildman–Crippen LogP) is 1.49. The van der Waals surface area contributed by atoms with Gasteiger partial charge in [0.1, 0.15) is 0 Å². The van der Waals surface area contributed by atoms with Gasteiger partial charge in [0.05, 0.1) is 0 Å². The Balaban J connectivity index is 2.10. The highest BCUT2D eigenvalue weighted by molar-refractivity contribution is 5.74. The lowest BCUT2D eigenvalue weighted by atomic mass is 10.1. The third-order valence-corrected chi connectivity index (χ3v) is 1.74. The van der Waals surface area contributed by atoms with Gasteiger partial charge >= 0.3 is 6.03 Å². The molecule has 1 saturated carbocycles. The summed E-state index contributed by atoms with van der Waals surface area (Å²) in [7, 11) is 0. The highest BCUT2D eigenvalue weighted by Crippen LogP contribution is 2.27. The van der Waals surface area contributed by atoms with Gasteiger partial charge in [0.2, 0.25) is 0 Å². The number of hydrogen-bond donors (Lipinski definition) is 2. The van der Waals surface area contributed by atoms with E-state index in [0.717, 1.165) is 12.5 Å². The summed E-state index contributed by atoms with van der Waals surface area (Å²) in [5, 5.41) is 5.70. The van der Waals surface area contributed by atoms with Crippen molar-refractivity contribution in [2.45, 2.75) is 39.2 Å². The van der Waals surface area contributed by atoms with Crippen molar-refractivity contribution in [2.75, 3.05) is 6.54 Å². The topological polar surface area (TPSA) is 41.1 Å². The van der Waals surface area contributed by atoms with Crippen LogP contribution < -0.4 is 10.6 Å². The van der Waals surface area contributed by atoms with E-state index < -0.39 is 0 Å². The van der Waals surface area contributed by atoms with Crippen molar-refractivity contribution in [1.82, 2.24) is 10.6 Å². The minimum Gasteiger partial charge on any atom is -0.338 e. The summed E-state index contributed by atoms with van der Waals surface area (Å²) in [5.74, 6) is 0.746. The summed E-state index contributed by atoms with van der Waals surface area (Å²) < 4.78 is 0. The highest BCUT2D eigenvalue weighted by atomic mass is 16.2. The van der Waals surface area contributed by atoms with E-state index >= 15 is 0 Å². The summed E-state index contributed by atoms with van der Waals surface area (Å²) >= 11 is 0. The van der Waals surface area contributed by atoms with E-state index in [4.69, 9.17) is 0 Å². The molecule has 0 spiro atoms. The standard InChI is InChI=1S/C9H18N2O/c1-9(2,3)11-8(12)10-6-7-4-5-7/h7H,4-6H2,1-3H3,(H2,10,11,12). The Morgan fingerprint density at radius 3 is 2.42 bits per heavy atom. The van der Waals surface area contributed by atoms with E-state index in [-0.39, 0.29) is 11.6 Å². The molecule has 2 N–H and O–H groups in total. The van der Waals surface area contributed by atoms with Gasteiger partial charge in [-0.1, -0.05) is 0 Å². The maximum atomic E-state index is 11.2. The molecule has 1 fully saturated rings. The number of hydrogen-bond acceptors (Lipinski definition) is 1. The molecule has 0 aromatic heterocycles. The van der Waals surface area contributed by atoms with Crippen LogP contribution in [0.1, 0.15) is 33.6 Å². The van der Waals surface area contributed by atoms with Crippen molar-refractivity contribution in [3.05, 3.63) is 0 Å².